The SMILES string of the molecule is Nc1c(C(=O)[O-])ncn1Cc1ccccc1.Nc1c(C(=O)[O-])ncn1Cc1ccccc1.[Cu+2]. The number of carbonyl (C=O) groups is 2. The Morgan fingerprint density at radius 2 is 1.03 bits per heavy atom. The Kier molecular flexibility index (Phi) is 8.79. The second kappa shape index (κ2) is 11.5. The summed E-state index contributed by atoms with van der Waals surface area (Å²) in [6.45, 7) is 0.986. The maximum Gasteiger partial charge on any atom is 2.00 e. The number of benzene rings is 2. The summed E-state index contributed by atoms with van der Waals surface area (Å²) in [6, 6.07) is 19.2. The van der Waals surface area contributed by atoms with E-state index in [0.29, 0.717) is 13.1 Å². The number of nitrogens with zero attached hydrogens (tertiary/aromatic N) is 4. The van der Waals surface area contributed by atoms with E-state index < -0.39 is 11.9 Å². The number of carboxylic acid groups (broad SMARTS) is 2. The van der Waals surface area contributed by atoms with E-state index in [1.165, 1.54) is 12.7 Å². The molecule has 11 heteroatoms. The van der Waals surface area contributed by atoms with Gasteiger partial charge in [0, 0.05) is 0 Å². The van der Waals surface area contributed by atoms with Crippen LogP contribution in [0.15, 0.2) is 73.3 Å². The van der Waals surface area contributed by atoms with E-state index >= 15 is 0 Å². The van der Waals surface area contributed by atoms with Gasteiger partial charge < -0.3 is 40.4 Å². The molecule has 2 aromatic carbocycles. The fourth-order valence-corrected chi connectivity index (χ4v) is 2.91. The van der Waals surface area contributed by atoms with Gasteiger partial charge in [0.2, 0.25) is 0 Å². The molecule has 0 amide bonds. The van der Waals surface area contributed by atoms with Crippen LogP contribution in [0.3, 0.4) is 0 Å². The zero-order chi connectivity index (χ0) is 23.1. The van der Waals surface area contributed by atoms with E-state index in [1.807, 2.05) is 60.7 Å². The van der Waals surface area contributed by atoms with Crippen LogP contribution in [-0.4, -0.2) is 31.0 Å². The molecule has 0 fully saturated rings. The first-order valence-electron chi connectivity index (χ1n) is 9.48. The number of nitrogens with two attached hydrogens (primary N) is 2. The number of hydrogen-bond acceptors (Lipinski definition) is 8. The first-order chi connectivity index (χ1) is 15.4. The molecule has 1 radical (unpaired) electrons. The van der Waals surface area contributed by atoms with Gasteiger partial charge in [0.15, 0.2) is 0 Å². The largest absolute Gasteiger partial charge is 2.00 e. The predicted octanol–water partition coefficient (Wildman–Crippen LogP) is -0.248. The van der Waals surface area contributed by atoms with Gasteiger partial charge >= 0.3 is 17.1 Å². The number of carbonyl (C=O) groups excluding carboxylic acids is 2. The summed E-state index contributed by atoms with van der Waals surface area (Å²) in [7, 11) is 0. The van der Waals surface area contributed by atoms with Crippen molar-refractivity contribution in [1.29, 1.82) is 0 Å². The molecule has 0 bridgehead atoms. The summed E-state index contributed by atoms with van der Waals surface area (Å²) in [4.78, 5) is 28.6. The molecule has 4 N–H and O–H groups in total. The molecule has 2 aromatic heterocycles. The van der Waals surface area contributed by atoms with Crippen molar-refractivity contribution in [2.45, 2.75) is 13.1 Å². The van der Waals surface area contributed by atoms with Crippen molar-refractivity contribution >= 4 is 23.6 Å². The summed E-state index contributed by atoms with van der Waals surface area (Å²) >= 11 is 0. The van der Waals surface area contributed by atoms with Crippen molar-refractivity contribution in [2.75, 3.05) is 11.5 Å². The average molecular weight is 496 g/mol. The number of rotatable bonds is 6. The topological polar surface area (TPSA) is 168 Å². The van der Waals surface area contributed by atoms with Crippen molar-refractivity contribution in [2.24, 2.45) is 0 Å². The molecule has 2 heterocycles. The number of nitrogen functional groups attached to an aromatic ring is 2. The van der Waals surface area contributed by atoms with Gasteiger partial charge in [-0.15, -0.1) is 0 Å². The van der Waals surface area contributed by atoms with Gasteiger partial charge in [-0.25, -0.2) is 9.97 Å². The molecular formula is C22H20CuN6O4. The predicted molar refractivity (Wildman–Crippen MR) is 113 cm³/mol. The van der Waals surface area contributed by atoms with Crippen LogP contribution in [-0.2, 0) is 30.2 Å². The van der Waals surface area contributed by atoms with Crippen LogP contribution in [0.4, 0.5) is 11.6 Å². The zero-order valence-corrected chi connectivity index (χ0v) is 18.2. The Balaban J connectivity index is 0.000000227. The Morgan fingerprint density at radius 1 is 0.697 bits per heavy atom. The van der Waals surface area contributed by atoms with Gasteiger partial charge in [-0.2, -0.15) is 0 Å². The number of aromatic carboxylic acids is 2. The van der Waals surface area contributed by atoms with Crippen LogP contribution < -0.4 is 21.7 Å². The van der Waals surface area contributed by atoms with Crippen LogP contribution in [0.25, 0.3) is 0 Å². The van der Waals surface area contributed by atoms with Crippen LogP contribution in [0, 0.1) is 0 Å². The molecule has 0 saturated carbocycles. The minimum atomic E-state index is -1.36. The van der Waals surface area contributed by atoms with Gasteiger partial charge in [0.05, 0.1) is 37.7 Å². The van der Waals surface area contributed by atoms with Crippen LogP contribution >= 0.6 is 0 Å². The third-order valence-corrected chi connectivity index (χ3v) is 4.53. The summed E-state index contributed by atoms with van der Waals surface area (Å²) in [6.07, 6.45) is 2.79. The number of aromatic nitrogens is 4. The minimum absolute atomic E-state index is 0. The maximum absolute atomic E-state index is 10.6. The Morgan fingerprint density at radius 3 is 1.30 bits per heavy atom. The molecule has 0 aliphatic rings. The third-order valence-electron chi connectivity index (χ3n) is 4.53. The number of anilines is 2. The third kappa shape index (κ3) is 6.45. The van der Waals surface area contributed by atoms with E-state index in [0.717, 1.165) is 11.1 Å². The number of imidazole rings is 2. The second-order valence-corrected chi connectivity index (χ2v) is 6.76. The molecule has 173 valence electrons. The van der Waals surface area contributed by atoms with E-state index in [4.69, 9.17) is 11.5 Å². The number of carboxylic acids is 2. The van der Waals surface area contributed by atoms with Crippen LogP contribution in [0.5, 0.6) is 0 Å². The molecule has 33 heavy (non-hydrogen) atoms. The molecule has 0 saturated heterocycles. The number of hydrogen-bond donors (Lipinski definition) is 2. The molecule has 0 spiro atoms. The molecule has 0 aliphatic heterocycles. The molecular weight excluding hydrogens is 476 g/mol. The summed E-state index contributed by atoms with van der Waals surface area (Å²) in [5, 5.41) is 21.2. The zero-order valence-electron chi connectivity index (χ0n) is 17.2. The van der Waals surface area contributed by atoms with Crippen molar-refractivity contribution in [3.05, 3.63) is 95.8 Å². The first-order valence-corrected chi connectivity index (χ1v) is 9.48. The van der Waals surface area contributed by atoms with Gasteiger partial charge in [0.25, 0.3) is 0 Å². The molecule has 0 aliphatic carbocycles. The molecule has 4 rings (SSSR count). The van der Waals surface area contributed by atoms with Gasteiger partial charge in [-0.1, -0.05) is 60.7 Å². The van der Waals surface area contributed by atoms with Gasteiger partial charge in [-0.05, 0) is 11.1 Å². The fraction of sp³-hybridized carbons (Fsp3) is 0.0909. The quantitative estimate of drug-likeness (QED) is 0.345. The van der Waals surface area contributed by atoms with Crippen LogP contribution in [0.1, 0.15) is 32.1 Å². The molecule has 4 aromatic rings. The van der Waals surface area contributed by atoms with E-state index in [-0.39, 0.29) is 40.1 Å². The summed E-state index contributed by atoms with van der Waals surface area (Å²) < 4.78 is 3.14. The van der Waals surface area contributed by atoms with Crippen molar-refractivity contribution in [3.63, 3.8) is 0 Å². The Bertz CT molecular complexity index is 1110. The van der Waals surface area contributed by atoms with E-state index in [1.54, 1.807) is 9.13 Å². The smallest absolute Gasteiger partial charge is 0.543 e. The normalized spacial score (nSPS) is 9.94. The summed E-state index contributed by atoms with van der Waals surface area (Å²) in [5.41, 5.74) is 12.9. The van der Waals surface area contributed by atoms with Crippen molar-refractivity contribution in [1.82, 2.24) is 19.1 Å². The first kappa shape index (κ1) is 25.2. The monoisotopic (exact) mass is 495 g/mol. The van der Waals surface area contributed by atoms with E-state index in [9.17, 15) is 19.8 Å². The summed E-state index contributed by atoms with van der Waals surface area (Å²) in [5.74, 6) is -2.48. The second-order valence-electron chi connectivity index (χ2n) is 6.76. The minimum Gasteiger partial charge on any atom is -0.543 e. The fourth-order valence-electron chi connectivity index (χ4n) is 2.91. The van der Waals surface area contributed by atoms with Crippen LogP contribution in [0.2, 0.25) is 0 Å². The molecule has 10 nitrogen and oxygen atoms in total. The van der Waals surface area contributed by atoms with Crippen molar-refractivity contribution < 1.29 is 36.9 Å². The van der Waals surface area contributed by atoms with Gasteiger partial charge in [0.1, 0.15) is 23.0 Å². The Labute approximate surface area is 200 Å². The van der Waals surface area contributed by atoms with E-state index in [2.05, 4.69) is 9.97 Å². The maximum atomic E-state index is 10.6. The Hall–Kier alpha value is -4.08. The molecule has 0 unspecified atom stereocenters. The molecule has 0 atom stereocenters. The van der Waals surface area contributed by atoms with Gasteiger partial charge in [-0.3, -0.25) is 0 Å². The standard InChI is InChI=1S/2C11H11N3O2.Cu/c2*12-10-9(11(15)16)13-7-14(10)6-8-4-2-1-3-5-8;/h2*1-5,7H,6,12H2,(H,15,16);/q;;+2/p-2. The van der Waals surface area contributed by atoms with Crippen molar-refractivity contribution in [3.8, 4) is 0 Å². The average Bonchev–Trinajstić information content (AvgIpc) is 3.33.